The van der Waals surface area contributed by atoms with Gasteiger partial charge in [-0.15, -0.1) is 0 Å². The van der Waals surface area contributed by atoms with Crippen LogP contribution in [0, 0.1) is 0 Å². The van der Waals surface area contributed by atoms with Crippen LogP contribution in [0.25, 0.3) is 0 Å². The van der Waals surface area contributed by atoms with Crippen LogP contribution >= 0.6 is 0 Å². The van der Waals surface area contributed by atoms with Crippen molar-refractivity contribution in [3.63, 3.8) is 0 Å². The molecule has 0 saturated heterocycles. The molecule has 1 aliphatic heterocycles. The molecular formula is C9H14N4O2S. The van der Waals surface area contributed by atoms with Crippen LogP contribution < -0.4 is 10.0 Å². The van der Waals surface area contributed by atoms with Gasteiger partial charge in [0.15, 0.2) is 5.03 Å². The van der Waals surface area contributed by atoms with Gasteiger partial charge in [0.1, 0.15) is 0 Å². The Morgan fingerprint density at radius 2 is 2.38 bits per heavy atom. The number of H-pyrrole nitrogens is 1. The third-order valence-electron chi connectivity index (χ3n) is 2.41. The van der Waals surface area contributed by atoms with Crippen molar-refractivity contribution >= 4 is 10.0 Å². The number of nitrogens with one attached hydrogen (secondary N) is 3. The van der Waals surface area contributed by atoms with Crippen LogP contribution in [0.1, 0.15) is 6.42 Å². The van der Waals surface area contributed by atoms with Gasteiger partial charge < -0.3 is 5.32 Å². The lowest BCUT2D eigenvalue weighted by atomic mass is 10.1. The molecule has 0 aliphatic carbocycles. The molecule has 2 heterocycles. The van der Waals surface area contributed by atoms with Crippen molar-refractivity contribution in [2.24, 2.45) is 0 Å². The number of hydrogen-bond donors (Lipinski definition) is 3. The molecule has 0 bridgehead atoms. The van der Waals surface area contributed by atoms with Gasteiger partial charge in [0.05, 0.1) is 6.20 Å². The number of sulfonamides is 1. The molecule has 16 heavy (non-hydrogen) atoms. The van der Waals surface area contributed by atoms with Gasteiger partial charge in [0.25, 0.3) is 10.0 Å². The molecule has 0 unspecified atom stereocenters. The van der Waals surface area contributed by atoms with Gasteiger partial charge in [-0.2, -0.15) is 5.10 Å². The lowest BCUT2D eigenvalue weighted by Crippen LogP contribution is -2.29. The molecule has 0 saturated carbocycles. The molecule has 0 amide bonds. The SMILES string of the molecule is O=S(=O)(NCC1=CCNCC1)c1ccn[nH]1. The molecule has 2 rings (SSSR count). The van der Waals surface area contributed by atoms with E-state index in [1.54, 1.807) is 0 Å². The average molecular weight is 242 g/mol. The van der Waals surface area contributed by atoms with E-state index in [0.717, 1.165) is 25.1 Å². The topological polar surface area (TPSA) is 86.9 Å². The monoisotopic (exact) mass is 242 g/mol. The van der Waals surface area contributed by atoms with Gasteiger partial charge in [-0.05, 0) is 19.0 Å². The molecule has 0 atom stereocenters. The fraction of sp³-hybridized carbons (Fsp3) is 0.444. The molecule has 6 nitrogen and oxygen atoms in total. The van der Waals surface area contributed by atoms with Crippen molar-refractivity contribution in [2.45, 2.75) is 11.4 Å². The van der Waals surface area contributed by atoms with E-state index in [2.05, 4.69) is 20.2 Å². The van der Waals surface area contributed by atoms with Gasteiger partial charge in [0.2, 0.25) is 0 Å². The molecule has 0 fully saturated rings. The molecule has 1 aliphatic rings. The zero-order chi connectivity index (χ0) is 11.4. The number of aromatic amines is 1. The van der Waals surface area contributed by atoms with E-state index in [1.807, 2.05) is 6.08 Å². The number of nitrogens with zero attached hydrogens (tertiary/aromatic N) is 1. The summed E-state index contributed by atoms with van der Waals surface area (Å²) in [6, 6.07) is 1.43. The summed E-state index contributed by atoms with van der Waals surface area (Å²) in [5.41, 5.74) is 1.11. The van der Waals surface area contributed by atoms with Crippen molar-refractivity contribution in [1.82, 2.24) is 20.2 Å². The standard InChI is InChI=1S/C9H14N4O2S/c14-16(15,9-3-6-11-13-9)12-7-8-1-4-10-5-2-8/h1,3,6,10,12H,2,4-5,7H2,(H,11,13). The van der Waals surface area contributed by atoms with Crippen molar-refractivity contribution in [1.29, 1.82) is 0 Å². The summed E-state index contributed by atoms with van der Waals surface area (Å²) in [6.07, 6.45) is 4.31. The van der Waals surface area contributed by atoms with Crippen molar-refractivity contribution in [3.05, 3.63) is 23.9 Å². The minimum absolute atomic E-state index is 0.0991. The second kappa shape index (κ2) is 4.77. The second-order valence-electron chi connectivity index (χ2n) is 3.56. The van der Waals surface area contributed by atoms with Crippen LogP contribution in [0.2, 0.25) is 0 Å². The zero-order valence-electron chi connectivity index (χ0n) is 8.73. The molecule has 88 valence electrons. The van der Waals surface area contributed by atoms with Gasteiger partial charge in [0, 0.05) is 13.1 Å². The Kier molecular flexibility index (Phi) is 3.37. The number of hydrogen-bond acceptors (Lipinski definition) is 4. The largest absolute Gasteiger partial charge is 0.313 e. The fourth-order valence-electron chi connectivity index (χ4n) is 1.49. The summed E-state index contributed by atoms with van der Waals surface area (Å²) in [4.78, 5) is 0. The molecular weight excluding hydrogens is 228 g/mol. The van der Waals surface area contributed by atoms with E-state index in [9.17, 15) is 8.42 Å². The van der Waals surface area contributed by atoms with Crippen LogP contribution in [-0.2, 0) is 10.0 Å². The summed E-state index contributed by atoms with van der Waals surface area (Å²) < 4.78 is 26.0. The predicted molar refractivity (Wildman–Crippen MR) is 59.3 cm³/mol. The lowest BCUT2D eigenvalue weighted by molar-refractivity contribution is 0.578. The van der Waals surface area contributed by atoms with E-state index in [4.69, 9.17) is 0 Å². The van der Waals surface area contributed by atoms with Crippen LogP contribution in [0.15, 0.2) is 28.9 Å². The first kappa shape index (κ1) is 11.3. The van der Waals surface area contributed by atoms with Crippen LogP contribution in [-0.4, -0.2) is 38.2 Å². The second-order valence-corrected chi connectivity index (χ2v) is 5.30. The highest BCUT2D eigenvalue weighted by molar-refractivity contribution is 7.89. The molecule has 1 aromatic rings. The summed E-state index contributed by atoms with van der Waals surface area (Å²) in [5, 5.41) is 9.32. The van der Waals surface area contributed by atoms with Crippen LogP contribution in [0.5, 0.6) is 0 Å². The Labute approximate surface area is 94.2 Å². The van der Waals surface area contributed by atoms with Crippen molar-refractivity contribution in [2.75, 3.05) is 19.6 Å². The van der Waals surface area contributed by atoms with Gasteiger partial charge in [-0.3, -0.25) is 5.10 Å². The zero-order valence-corrected chi connectivity index (χ0v) is 9.55. The Bertz CT molecular complexity index is 464. The minimum atomic E-state index is -3.45. The first-order chi connectivity index (χ1) is 7.68. The summed E-state index contributed by atoms with van der Waals surface area (Å²) >= 11 is 0. The highest BCUT2D eigenvalue weighted by Gasteiger charge is 2.15. The van der Waals surface area contributed by atoms with Crippen LogP contribution in [0.3, 0.4) is 0 Å². The molecule has 3 N–H and O–H groups in total. The van der Waals surface area contributed by atoms with Crippen LogP contribution in [0.4, 0.5) is 0 Å². The smallest absolute Gasteiger partial charge is 0.257 e. The fourth-order valence-corrected chi connectivity index (χ4v) is 2.43. The third kappa shape index (κ3) is 2.69. The first-order valence-corrected chi connectivity index (χ1v) is 6.54. The molecule has 7 heteroatoms. The maximum atomic E-state index is 11.7. The molecule has 0 spiro atoms. The molecule has 0 radical (unpaired) electrons. The molecule has 1 aromatic heterocycles. The predicted octanol–water partition coefficient (Wildman–Crippen LogP) is -0.392. The van der Waals surface area contributed by atoms with E-state index < -0.39 is 10.0 Å². The van der Waals surface area contributed by atoms with Crippen molar-refractivity contribution in [3.8, 4) is 0 Å². The summed E-state index contributed by atoms with van der Waals surface area (Å²) in [7, 11) is -3.45. The Hall–Kier alpha value is -1.18. The van der Waals surface area contributed by atoms with Gasteiger partial charge >= 0.3 is 0 Å². The first-order valence-electron chi connectivity index (χ1n) is 5.06. The Morgan fingerprint density at radius 3 is 3.00 bits per heavy atom. The summed E-state index contributed by atoms with van der Waals surface area (Å²) in [5.74, 6) is 0. The average Bonchev–Trinajstić information content (AvgIpc) is 2.82. The van der Waals surface area contributed by atoms with E-state index in [0.29, 0.717) is 6.54 Å². The quantitative estimate of drug-likeness (QED) is 0.627. The maximum Gasteiger partial charge on any atom is 0.257 e. The maximum absolute atomic E-state index is 11.7. The lowest BCUT2D eigenvalue weighted by Gasteiger charge is -2.14. The third-order valence-corrected chi connectivity index (χ3v) is 3.74. The van der Waals surface area contributed by atoms with Gasteiger partial charge in [-0.25, -0.2) is 13.1 Å². The Morgan fingerprint density at radius 1 is 1.50 bits per heavy atom. The van der Waals surface area contributed by atoms with E-state index >= 15 is 0 Å². The van der Waals surface area contributed by atoms with E-state index in [1.165, 1.54) is 12.3 Å². The summed E-state index contributed by atoms with van der Waals surface area (Å²) in [6.45, 7) is 2.07. The Balaban J connectivity index is 1.97. The molecule has 0 aromatic carbocycles. The highest BCUT2D eigenvalue weighted by Crippen LogP contribution is 2.06. The normalized spacial score (nSPS) is 17.1. The number of aromatic nitrogens is 2. The highest BCUT2D eigenvalue weighted by atomic mass is 32.2. The van der Waals surface area contributed by atoms with E-state index in [-0.39, 0.29) is 5.03 Å². The minimum Gasteiger partial charge on any atom is -0.313 e. The number of rotatable bonds is 4. The van der Waals surface area contributed by atoms with Crippen molar-refractivity contribution < 1.29 is 8.42 Å². The van der Waals surface area contributed by atoms with Gasteiger partial charge in [-0.1, -0.05) is 11.6 Å².